The normalized spacial score (nSPS) is 18.4. The average Bonchev–Trinajstić information content (AvgIpc) is 3.42. The van der Waals surface area contributed by atoms with Gasteiger partial charge in [0.15, 0.2) is 0 Å². The third-order valence-corrected chi connectivity index (χ3v) is 7.68. The van der Waals surface area contributed by atoms with E-state index < -0.39 is 0 Å². The lowest BCUT2D eigenvalue weighted by molar-refractivity contribution is -0.122. The average molecular weight is 453 g/mol. The van der Waals surface area contributed by atoms with E-state index in [1.54, 1.807) is 0 Å². The zero-order valence-electron chi connectivity index (χ0n) is 20.0. The van der Waals surface area contributed by atoms with Crippen molar-refractivity contribution >= 4 is 44.8 Å². The molecule has 6 nitrogen and oxygen atoms in total. The maximum Gasteiger partial charge on any atom is 0.259 e. The van der Waals surface area contributed by atoms with Gasteiger partial charge in [-0.25, -0.2) is 0 Å². The number of nitrogens with one attached hydrogen (secondary N) is 1. The van der Waals surface area contributed by atoms with E-state index in [-0.39, 0.29) is 11.8 Å². The molecule has 172 valence electrons. The number of amides is 2. The molecule has 0 spiro atoms. The van der Waals surface area contributed by atoms with Crippen molar-refractivity contribution in [2.24, 2.45) is 7.05 Å². The van der Waals surface area contributed by atoms with Crippen LogP contribution in [0.5, 0.6) is 0 Å². The molecular formula is C28H28N4O2. The fourth-order valence-electron chi connectivity index (χ4n) is 5.82. The largest absolute Gasteiger partial charge is 0.350 e. The third-order valence-electron chi connectivity index (χ3n) is 7.68. The Kier molecular flexibility index (Phi) is 4.58. The number of hydrogen-bond donors (Lipinski definition) is 1. The van der Waals surface area contributed by atoms with Crippen molar-refractivity contribution < 1.29 is 9.59 Å². The zero-order chi connectivity index (χ0) is 23.7. The quantitative estimate of drug-likeness (QED) is 0.480. The van der Waals surface area contributed by atoms with Crippen LogP contribution >= 0.6 is 0 Å². The number of imide groups is 1. The van der Waals surface area contributed by atoms with Crippen molar-refractivity contribution in [3.05, 3.63) is 71.0 Å². The standard InChI is InChI=1S/C28H28N4O2/c1-16-19-10-9-17(13-24(19)32-12-11-18(30(2)3)14-23(16)32)25-26(28(34)29-27(25)33)21-15-31(4)22-8-6-5-7-20(21)22/h5-10,13,15,18H,11-12,14H2,1-4H3,(H,29,33,34). The van der Waals surface area contributed by atoms with Gasteiger partial charge in [-0.3, -0.25) is 14.9 Å². The number of likely N-dealkylation sites (N-methyl/N-ethyl adjacent to an activating group) is 1. The van der Waals surface area contributed by atoms with Crippen LogP contribution in [0.15, 0.2) is 48.7 Å². The number of aryl methyl sites for hydroxylation is 3. The van der Waals surface area contributed by atoms with E-state index in [0.29, 0.717) is 17.2 Å². The van der Waals surface area contributed by atoms with Gasteiger partial charge in [0.2, 0.25) is 0 Å². The van der Waals surface area contributed by atoms with Gasteiger partial charge in [-0.05, 0) is 50.7 Å². The first-order valence-corrected chi connectivity index (χ1v) is 11.8. The number of aromatic nitrogens is 2. The van der Waals surface area contributed by atoms with Crippen LogP contribution in [0.4, 0.5) is 0 Å². The summed E-state index contributed by atoms with van der Waals surface area (Å²) in [6, 6.07) is 14.7. The first-order chi connectivity index (χ1) is 16.3. The zero-order valence-corrected chi connectivity index (χ0v) is 20.0. The highest BCUT2D eigenvalue weighted by molar-refractivity contribution is 6.50. The smallest absolute Gasteiger partial charge is 0.259 e. The van der Waals surface area contributed by atoms with Crippen LogP contribution in [-0.2, 0) is 29.6 Å². The van der Waals surface area contributed by atoms with Crippen LogP contribution < -0.4 is 5.32 Å². The van der Waals surface area contributed by atoms with E-state index in [4.69, 9.17) is 0 Å². The Morgan fingerprint density at radius 2 is 1.74 bits per heavy atom. The van der Waals surface area contributed by atoms with Gasteiger partial charge in [0.1, 0.15) is 0 Å². The molecule has 1 atom stereocenters. The Morgan fingerprint density at radius 3 is 2.53 bits per heavy atom. The molecule has 0 radical (unpaired) electrons. The van der Waals surface area contributed by atoms with Crippen LogP contribution in [0.2, 0.25) is 0 Å². The minimum Gasteiger partial charge on any atom is -0.350 e. The van der Waals surface area contributed by atoms with Crippen LogP contribution in [0.25, 0.3) is 33.0 Å². The maximum absolute atomic E-state index is 13.1. The molecule has 2 aliphatic rings. The second kappa shape index (κ2) is 7.43. The van der Waals surface area contributed by atoms with E-state index in [0.717, 1.165) is 46.9 Å². The Bertz CT molecular complexity index is 1550. The predicted octanol–water partition coefficient (Wildman–Crippen LogP) is 3.89. The summed E-state index contributed by atoms with van der Waals surface area (Å²) in [6.07, 6.45) is 4.06. The molecule has 0 aliphatic carbocycles. The molecule has 2 amide bonds. The molecule has 1 unspecified atom stereocenters. The molecule has 0 fully saturated rings. The molecule has 2 aromatic heterocycles. The van der Waals surface area contributed by atoms with Crippen molar-refractivity contribution in [2.75, 3.05) is 14.1 Å². The number of hydrogen-bond acceptors (Lipinski definition) is 3. The van der Waals surface area contributed by atoms with Gasteiger partial charge in [0.05, 0.1) is 11.1 Å². The second-order valence-corrected chi connectivity index (χ2v) is 9.77. The molecule has 0 bridgehead atoms. The third kappa shape index (κ3) is 2.91. The van der Waals surface area contributed by atoms with Gasteiger partial charge in [-0.1, -0.05) is 30.3 Å². The molecule has 0 saturated carbocycles. The number of para-hydroxylation sites is 1. The van der Waals surface area contributed by atoms with E-state index in [1.165, 1.54) is 16.6 Å². The number of fused-ring (bicyclic) bond motifs is 4. The first-order valence-electron chi connectivity index (χ1n) is 11.8. The number of nitrogens with zero attached hydrogens (tertiary/aromatic N) is 3. The molecule has 0 saturated heterocycles. The summed E-state index contributed by atoms with van der Waals surface area (Å²) in [5.74, 6) is -0.666. The highest BCUT2D eigenvalue weighted by atomic mass is 16.2. The fourth-order valence-corrected chi connectivity index (χ4v) is 5.82. The fraction of sp³-hybridized carbons (Fsp3) is 0.286. The Balaban J connectivity index is 1.56. The van der Waals surface area contributed by atoms with Crippen molar-refractivity contribution in [3.8, 4) is 0 Å². The lowest BCUT2D eigenvalue weighted by Crippen LogP contribution is -2.35. The molecule has 4 heterocycles. The van der Waals surface area contributed by atoms with Crippen LogP contribution in [-0.4, -0.2) is 46.0 Å². The van der Waals surface area contributed by atoms with Gasteiger partial charge in [-0.15, -0.1) is 0 Å². The molecule has 4 aromatic rings. The minimum absolute atomic E-state index is 0.331. The van der Waals surface area contributed by atoms with Crippen LogP contribution in [0.1, 0.15) is 28.8 Å². The predicted molar refractivity (Wildman–Crippen MR) is 135 cm³/mol. The Labute approximate surface area is 198 Å². The van der Waals surface area contributed by atoms with Crippen molar-refractivity contribution in [1.29, 1.82) is 0 Å². The first kappa shape index (κ1) is 20.9. The maximum atomic E-state index is 13.1. The van der Waals surface area contributed by atoms with Crippen molar-refractivity contribution in [3.63, 3.8) is 0 Å². The van der Waals surface area contributed by atoms with E-state index >= 15 is 0 Å². The van der Waals surface area contributed by atoms with Crippen molar-refractivity contribution in [2.45, 2.75) is 32.4 Å². The Morgan fingerprint density at radius 1 is 0.971 bits per heavy atom. The lowest BCUT2D eigenvalue weighted by atomic mass is 9.95. The van der Waals surface area contributed by atoms with Gasteiger partial charge in [0, 0.05) is 65.3 Å². The Hall–Kier alpha value is -3.64. The second-order valence-electron chi connectivity index (χ2n) is 9.77. The van der Waals surface area contributed by atoms with Crippen LogP contribution in [0, 0.1) is 6.92 Å². The molecule has 2 aliphatic heterocycles. The van der Waals surface area contributed by atoms with Gasteiger partial charge in [0.25, 0.3) is 11.8 Å². The van der Waals surface area contributed by atoms with Crippen LogP contribution in [0.3, 0.4) is 0 Å². The van der Waals surface area contributed by atoms with Gasteiger partial charge >= 0.3 is 0 Å². The lowest BCUT2D eigenvalue weighted by Gasteiger charge is -2.30. The summed E-state index contributed by atoms with van der Waals surface area (Å²) >= 11 is 0. The molecule has 6 heteroatoms. The summed E-state index contributed by atoms with van der Waals surface area (Å²) in [7, 11) is 6.25. The van der Waals surface area contributed by atoms with E-state index in [2.05, 4.69) is 47.9 Å². The summed E-state index contributed by atoms with van der Waals surface area (Å²) in [4.78, 5) is 28.4. The van der Waals surface area contributed by atoms with Crippen molar-refractivity contribution in [1.82, 2.24) is 19.4 Å². The summed E-state index contributed by atoms with van der Waals surface area (Å²) < 4.78 is 4.41. The number of benzene rings is 2. The summed E-state index contributed by atoms with van der Waals surface area (Å²) in [5, 5.41) is 4.73. The summed E-state index contributed by atoms with van der Waals surface area (Å²) in [5.41, 5.74) is 7.33. The molecule has 2 aromatic carbocycles. The highest BCUT2D eigenvalue weighted by Crippen LogP contribution is 2.38. The monoisotopic (exact) mass is 452 g/mol. The highest BCUT2D eigenvalue weighted by Gasteiger charge is 2.34. The SMILES string of the molecule is Cc1c2n(c3cc(C4=C(c5cn(C)c6ccccc56)C(=O)NC4=O)ccc13)CCC(N(C)C)C2. The number of carbonyl (C=O) groups is 2. The number of rotatable bonds is 3. The van der Waals surface area contributed by atoms with Gasteiger partial charge < -0.3 is 14.0 Å². The van der Waals surface area contributed by atoms with E-state index in [9.17, 15) is 9.59 Å². The molecular weight excluding hydrogens is 424 g/mol. The molecule has 34 heavy (non-hydrogen) atoms. The van der Waals surface area contributed by atoms with Gasteiger partial charge in [-0.2, -0.15) is 0 Å². The topological polar surface area (TPSA) is 59.3 Å². The number of carbonyl (C=O) groups excluding carboxylic acids is 2. The van der Waals surface area contributed by atoms with E-state index in [1.807, 2.05) is 48.1 Å². The minimum atomic E-state index is -0.335. The summed E-state index contributed by atoms with van der Waals surface area (Å²) in [6.45, 7) is 3.14. The molecule has 1 N–H and O–H groups in total. The molecule has 6 rings (SSSR count).